The molecule has 222 valence electrons. The SMILES string of the molecule is CN(CC(O)CNC(C)(C)CCCc1ccccc1)S(=O)(=O)c1c(Cl)cc(-c2cccc(CCC(=O)O)n2)cc1Cl. The van der Waals surface area contributed by atoms with Gasteiger partial charge >= 0.3 is 5.97 Å². The Morgan fingerprint density at radius 3 is 2.34 bits per heavy atom. The number of benzene rings is 2. The maximum absolute atomic E-state index is 13.4. The Balaban J connectivity index is 1.62. The minimum Gasteiger partial charge on any atom is -0.481 e. The van der Waals surface area contributed by atoms with Crippen LogP contribution in [-0.2, 0) is 27.7 Å². The second-order valence-electron chi connectivity index (χ2n) is 10.7. The normalized spacial score (nSPS) is 13.0. The number of aliphatic carboxylic acids is 1. The Kier molecular flexibility index (Phi) is 11.7. The Bertz CT molecular complexity index is 1410. The number of sulfonamides is 1. The highest BCUT2D eigenvalue weighted by Crippen LogP contribution is 2.36. The van der Waals surface area contributed by atoms with Crippen molar-refractivity contribution in [2.45, 2.75) is 62.5 Å². The number of carboxylic acids is 1. The van der Waals surface area contributed by atoms with Gasteiger partial charge < -0.3 is 15.5 Å². The second kappa shape index (κ2) is 14.6. The van der Waals surface area contributed by atoms with Gasteiger partial charge in [0, 0.05) is 43.4 Å². The molecule has 0 fully saturated rings. The molecule has 8 nitrogen and oxygen atoms in total. The fraction of sp³-hybridized carbons (Fsp3) is 0.400. The summed E-state index contributed by atoms with van der Waals surface area (Å²) in [5.41, 5.74) is 2.60. The lowest BCUT2D eigenvalue weighted by molar-refractivity contribution is -0.136. The first-order valence-electron chi connectivity index (χ1n) is 13.4. The molecule has 41 heavy (non-hydrogen) atoms. The topological polar surface area (TPSA) is 120 Å². The van der Waals surface area contributed by atoms with Crippen molar-refractivity contribution in [3.8, 4) is 11.3 Å². The van der Waals surface area contributed by atoms with Crippen LogP contribution in [0.2, 0.25) is 10.0 Å². The number of carbonyl (C=O) groups is 1. The number of hydrogen-bond donors (Lipinski definition) is 3. The lowest BCUT2D eigenvalue weighted by atomic mass is 9.95. The van der Waals surface area contributed by atoms with Crippen molar-refractivity contribution in [1.82, 2.24) is 14.6 Å². The first-order valence-corrected chi connectivity index (χ1v) is 15.6. The summed E-state index contributed by atoms with van der Waals surface area (Å²) in [4.78, 5) is 15.1. The summed E-state index contributed by atoms with van der Waals surface area (Å²) in [6.07, 6.45) is 2.06. The molecule has 0 bridgehead atoms. The van der Waals surface area contributed by atoms with Crippen LogP contribution in [0, 0.1) is 0 Å². The molecule has 0 radical (unpaired) electrons. The first-order chi connectivity index (χ1) is 19.3. The van der Waals surface area contributed by atoms with Crippen LogP contribution in [0.4, 0.5) is 0 Å². The van der Waals surface area contributed by atoms with Gasteiger partial charge in [0.05, 0.1) is 28.3 Å². The van der Waals surface area contributed by atoms with Crippen molar-refractivity contribution in [2.24, 2.45) is 0 Å². The van der Waals surface area contributed by atoms with Crippen molar-refractivity contribution in [1.29, 1.82) is 0 Å². The number of likely N-dealkylation sites (N-methyl/N-ethyl adjacent to an activating group) is 1. The zero-order valence-electron chi connectivity index (χ0n) is 23.5. The van der Waals surface area contributed by atoms with Gasteiger partial charge in [0.1, 0.15) is 4.90 Å². The number of aliphatic hydroxyl groups is 1. The molecule has 0 saturated heterocycles. The number of aliphatic hydroxyl groups excluding tert-OH is 1. The van der Waals surface area contributed by atoms with Gasteiger partial charge in [-0.2, -0.15) is 4.31 Å². The quantitative estimate of drug-likeness (QED) is 0.206. The average Bonchev–Trinajstić information content (AvgIpc) is 2.91. The van der Waals surface area contributed by atoms with E-state index in [4.69, 9.17) is 28.3 Å². The van der Waals surface area contributed by atoms with E-state index in [1.165, 1.54) is 24.7 Å². The summed E-state index contributed by atoms with van der Waals surface area (Å²) in [6, 6.07) is 18.3. The van der Waals surface area contributed by atoms with Crippen LogP contribution in [0.15, 0.2) is 65.6 Å². The van der Waals surface area contributed by atoms with Crippen molar-refractivity contribution in [2.75, 3.05) is 20.1 Å². The Labute approximate surface area is 252 Å². The standard InChI is InChI=1S/C30H37Cl2N3O5S/c1-30(2,16-8-11-21-9-5-4-6-10-21)33-19-24(36)20-35(3)41(39,40)29-25(31)17-22(18-26(29)32)27-13-7-12-23(34-27)14-15-28(37)38/h4-7,9-10,12-13,17-18,24,33,36H,8,11,14-16,19-20H2,1-3H3,(H,37,38). The third-order valence-electron chi connectivity index (χ3n) is 6.76. The Morgan fingerprint density at radius 1 is 1.05 bits per heavy atom. The van der Waals surface area contributed by atoms with E-state index in [2.05, 4.69) is 36.3 Å². The Morgan fingerprint density at radius 2 is 1.71 bits per heavy atom. The number of carboxylic acid groups (broad SMARTS) is 1. The summed E-state index contributed by atoms with van der Waals surface area (Å²) in [7, 11) is -2.75. The molecule has 3 rings (SSSR count). The van der Waals surface area contributed by atoms with Crippen molar-refractivity contribution in [3.05, 3.63) is 82.0 Å². The zero-order chi connectivity index (χ0) is 30.2. The molecular formula is C30H37Cl2N3O5S. The van der Waals surface area contributed by atoms with Crippen LogP contribution in [0.25, 0.3) is 11.3 Å². The van der Waals surface area contributed by atoms with Crippen molar-refractivity contribution in [3.63, 3.8) is 0 Å². The third kappa shape index (κ3) is 9.77. The summed E-state index contributed by atoms with van der Waals surface area (Å²) in [5, 5.41) is 22.8. The van der Waals surface area contributed by atoms with E-state index in [0.29, 0.717) is 17.0 Å². The fourth-order valence-corrected chi connectivity index (χ4v) is 6.81. The molecule has 1 atom stereocenters. The molecule has 11 heteroatoms. The lowest BCUT2D eigenvalue weighted by Gasteiger charge is -2.29. The van der Waals surface area contributed by atoms with E-state index in [9.17, 15) is 18.3 Å². The van der Waals surface area contributed by atoms with Gasteiger partial charge in [-0.1, -0.05) is 59.6 Å². The van der Waals surface area contributed by atoms with E-state index < -0.39 is 22.1 Å². The van der Waals surface area contributed by atoms with E-state index in [1.54, 1.807) is 18.2 Å². The number of β-amino-alcohol motifs (C(OH)–C–C–N with tert-alkyl or cyclic N) is 1. The number of pyridine rings is 1. The van der Waals surface area contributed by atoms with Gasteiger partial charge in [0.2, 0.25) is 10.0 Å². The monoisotopic (exact) mass is 621 g/mol. The minimum atomic E-state index is -4.12. The third-order valence-corrected chi connectivity index (χ3v) is 9.50. The summed E-state index contributed by atoms with van der Waals surface area (Å²) < 4.78 is 27.8. The summed E-state index contributed by atoms with van der Waals surface area (Å²) in [6.45, 7) is 4.17. The Hall–Kier alpha value is -2.53. The predicted molar refractivity (Wildman–Crippen MR) is 163 cm³/mol. The molecule has 0 amide bonds. The highest BCUT2D eigenvalue weighted by Gasteiger charge is 2.29. The minimum absolute atomic E-state index is 0.0609. The largest absolute Gasteiger partial charge is 0.481 e. The highest BCUT2D eigenvalue weighted by atomic mass is 35.5. The molecule has 1 heterocycles. The number of aryl methyl sites for hydroxylation is 2. The van der Waals surface area contributed by atoms with Crippen molar-refractivity contribution < 1.29 is 23.4 Å². The first kappa shape index (κ1) is 33.0. The molecule has 0 saturated carbocycles. The number of halogens is 2. The summed E-state index contributed by atoms with van der Waals surface area (Å²) >= 11 is 12.9. The van der Waals surface area contributed by atoms with Gasteiger partial charge in [-0.25, -0.2) is 8.42 Å². The van der Waals surface area contributed by atoms with Gasteiger partial charge in [-0.15, -0.1) is 0 Å². The van der Waals surface area contributed by atoms with Crippen LogP contribution in [0.5, 0.6) is 0 Å². The predicted octanol–water partition coefficient (Wildman–Crippen LogP) is 5.45. The van der Waals surface area contributed by atoms with Gasteiger partial charge in [0.25, 0.3) is 0 Å². The number of hydrogen-bond acceptors (Lipinski definition) is 6. The molecule has 2 aromatic carbocycles. The number of nitrogens with zero attached hydrogens (tertiary/aromatic N) is 2. The number of rotatable bonds is 15. The maximum atomic E-state index is 13.4. The second-order valence-corrected chi connectivity index (χ2v) is 13.5. The fourth-order valence-electron chi connectivity index (χ4n) is 4.45. The summed E-state index contributed by atoms with van der Waals surface area (Å²) in [5.74, 6) is -0.926. The lowest BCUT2D eigenvalue weighted by Crippen LogP contribution is -2.46. The van der Waals surface area contributed by atoms with Crippen LogP contribution in [0.3, 0.4) is 0 Å². The molecule has 3 N–H and O–H groups in total. The van der Waals surface area contributed by atoms with Crippen LogP contribution < -0.4 is 5.32 Å². The molecule has 0 aliphatic carbocycles. The van der Waals surface area contributed by atoms with Crippen LogP contribution in [0.1, 0.15) is 44.4 Å². The van der Waals surface area contributed by atoms with Gasteiger partial charge in [0.15, 0.2) is 0 Å². The zero-order valence-corrected chi connectivity index (χ0v) is 25.8. The van der Waals surface area contributed by atoms with Crippen molar-refractivity contribution >= 4 is 39.2 Å². The van der Waals surface area contributed by atoms with E-state index in [-0.39, 0.29) is 46.4 Å². The molecule has 0 aliphatic heterocycles. The van der Waals surface area contributed by atoms with Crippen LogP contribution in [-0.4, -0.2) is 65.7 Å². The molecule has 3 aromatic rings. The van der Waals surface area contributed by atoms with Gasteiger partial charge in [-0.05, 0) is 62.9 Å². The molecular weight excluding hydrogens is 585 g/mol. The number of nitrogens with one attached hydrogen (secondary N) is 1. The molecule has 0 aliphatic rings. The number of aromatic nitrogens is 1. The van der Waals surface area contributed by atoms with Gasteiger partial charge in [-0.3, -0.25) is 9.78 Å². The van der Waals surface area contributed by atoms with E-state index in [0.717, 1.165) is 23.6 Å². The molecule has 0 spiro atoms. The van der Waals surface area contributed by atoms with E-state index in [1.807, 2.05) is 18.2 Å². The maximum Gasteiger partial charge on any atom is 0.303 e. The average molecular weight is 623 g/mol. The molecule has 1 aromatic heterocycles. The molecule has 1 unspecified atom stereocenters. The van der Waals surface area contributed by atoms with E-state index >= 15 is 0 Å². The highest BCUT2D eigenvalue weighted by molar-refractivity contribution is 7.89. The van der Waals surface area contributed by atoms with Crippen LogP contribution >= 0.6 is 23.2 Å². The smallest absolute Gasteiger partial charge is 0.303 e.